The van der Waals surface area contributed by atoms with Crippen molar-refractivity contribution in [1.29, 1.82) is 0 Å². The molecule has 0 unspecified atom stereocenters. The number of phenols is 2. The standard InChI is InChI=1S/C47H73BN8O12/c1-6-7-8-9-10-11-12-13-14-15-16-17-18-19-39(60)55(4)36(28-57)45(64)54-42(49)47(66)50-27-40(61)56(5)41-32-21-23-38(59)34(26-32)33-24-31(20-22-37(33)58)25-35(44(63)52-30(3)48(67)68)53-43(62)29(2)51-46(41)65/h20-24,26,29-30,35-36,41-42,57-59,67-68H,6-19,25,27-28,49H2,1-5H3,(H,50,66)(H,51,65)(H,52,63)(H,53,62)(H,54,64)/t29-,30-,35-,36+,41-,42-/m0/s1. The predicted octanol–water partition coefficient (Wildman–Crippen LogP) is 1.14. The molecule has 0 fully saturated rings. The Balaban J connectivity index is 1.65. The van der Waals surface area contributed by atoms with Crippen molar-refractivity contribution in [3.63, 3.8) is 0 Å². The maximum absolute atomic E-state index is 14.1. The van der Waals surface area contributed by atoms with Gasteiger partial charge >= 0.3 is 7.12 Å². The molecule has 4 bridgehead atoms. The van der Waals surface area contributed by atoms with Crippen molar-refractivity contribution in [2.45, 2.75) is 153 Å². The zero-order chi connectivity index (χ0) is 50.5. The average molecular weight is 953 g/mol. The van der Waals surface area contributed by atoms with Crippen molar-refractivity contribution >= 4 is 48.5 Å². The Morgan fingerprint density at radius 2 is 1.34 bits per heavy atom. The second-order valence-electron chi connectivity index (χ2n) is 17.6. The summed E-state index contributed by atoms with van der Waals surface area (Å²) in [4.78, 5) is 95.7. The summed E-state index contributed by atoms with van der Waals surface area (Å²) in [7, 11) is 0.704. The van der Waals surface area contributed by atoms with Crippen molar-refractivity contribution in [3.8, 4) is 22.6 Å². The molecule has 0 aromatic heterocycles. The second kappa shape index (κ2) is 28.5. The first kappa shape index (κ1) is 56.6. The van der Waals surface area contributed by atoms with E-state index in [1.54, 1.807) is 0 Å². The molecule has 0 aliphatic carbocycles. The molecule has 1 aliphatic rings. The third-order valence-corrected chi connectivity index (χ3v) is 12.2. The van der Waals surface area contributed by atoms with E-state index in [1.807, 2.05) is 0 Å². The molecule has 1 aliphatic heterocycles. The second-order valence-corrected chi connectivity index (χ2v) is 17.6. The molecule has 0 spiro atoms. The van der Waals surface area contributed by atoms with E-state index in [-0.39, 0.29) is 46.9 Å². The molecule has 7 amide bonds. The summed E-state index contributed by atoms with van der Waals surface area (Å²) < 4.78 is 0. The lowest BCUT2D eigenvalue weighted by Crippen LogP contribution is -2.59. The van der Waals surface area contributed by atoms with E-state index in [0.29, 0.717) is 12.0 Å². The molecule has 1 heterocycles. The number of fused-ring (bicyclic) bond motifs is 5. The highest BCUT2D eigenvalue weighted by Crippen LogP contribution is 2.38. The molecule has 6 atom stereocenters. The lowest BCUT2D eigenvalue weighted by molar-refractivity contribution is -0.142. The summed E-state index contributed by atoms with van der Waals surface area (Å²) >= 11 is 0. The zero-order valence-corrected chi connectivity index (χ0v) is 40.1. The molecule has 68 heavy (non-hydrogen) atoms. The van der Waals surface area contributed by atoms with Gasteiger partial charge in [0.25, 0.3) is 5.91 Å². The molecule has 376 valence electrons. The van der Waals surface area contributed by atoms with Gasteiger partial charge in [-0.25, -0.2) is 0 Å². The van der Waals surface area contributed by atoms with Gasteiger partial charge in [-0.3, -0.25) is 33.6 Å². The van der Waals surface area contributed by atoms with Gasteiger partial charge in [0.1, 0.15) is 35.7 Å². The molecule has 2 aromatic rings. The van der Waals surface area contributed by atoms with Gasteiger partial charge < -0.3 is 67.5 Å². The van der Waals surface area contributed by atoms with Crippen molar-refractivity contribution in [1.82, 2.24) is 36.4 Å². The van der Waals surface area contributed by atoms with E-state index >= 15 is 0 Å². The van der Waals surface area contributed by atoms with Gasteiger partial charge in [-0.1, -0.05) is 96.1 Å². The summed E-state index contributed by atoms with van der Waals surface area (Å²) in [6.45, 7) is 3.39. The van der Waals surface area contributed by atoms with Crippen LogP contribution in [0.4, 0.5) is 0 Å². The van der Waals surface area contributed by atoms with E-state index in [0.717, 1.165) is 35.5 Å². The Morgan fingerprint density at radius 1 is 0.779 bits per heavy atom. The van der Waals surface area contributed by atoms with Crippen LogP contribution in [0.25, 0.3) is 11.1 Å². The third-order valence-electron chi connectivity index (χ3n) is 12.2. The predicted molar refractivity (Wildman–Crippen MR) is 255 cm³/mol. The van der Waals surface area contributed by atoms with Crippen molar-refractivity contribution in [2.24, 2.45) is 5.73 Å². The first-order chi connectivity index (χ1) is 32.3. The number of carbonyl (C=O) groups is 7. The van der Waals surface area contributed by atoms with Gasteiger partial charge in [0.15, 0.2) is 6.17 Å². The van der Waals surface area contributed by atoms with Gasteiger partial charge in [-0.15, -0.1) is 0 Å². The molecule has 20 nitrogen and oxygen atoms in total. The Labute approximate surface area is 399 Å². The summed E-state index contributed by atoms with van der Waals surface area (Å²) in [5.74, 6) is -7.37. The lowest BCUT2D eigenvalue weighted by Gasteiger charge is -2.30. The number of nitrogens with zero attached hydrogens (tertiary/aromatic N) is 2. The minimum Gasteiger partial charge on any atom is -0.507 e. The van der Waals surface area contributed by atoms with Crippen molar-refractivity contribution in [2.75, 3.05) is 27.2 Å². The van der Waals surface area contributed by atoms with Crippen LogP contribution in [0.5, 0.6) is 11.5 Å². The highest BCUT2D eigenvalue weighted by molar-refractivity contribution is 6.43. The van der Waals surface area contributed by atoms with Gasteiger partial charge in [0.05, 0.1) is 19.1 Å². The van der Waals surface area contributed by atoms with Crippen LogP contribution in [0.2, 0.25) is 0 Å². The summed E-state index contributed by atoms with van der Waals surface area (Å²) in [5, 5.41) is 63.1. The first-order valence-electron chi connectivity index (χ1n) is 23.7. The van der Waals surface area contributed by atoms with Crippen LogP contribution in [0.3, 0.4) is 0 Å². The molecule has 12 N–H and O–H groups in total. The van der Waals surface area contributed by atoms with E-state index in [2.05, 4.69) is 33.5 Å². The fraction of sp³-hybridized carbons (Fsp3) is 0.596. The van der Waals surface area contributed by atoms with E-state index in [4.69, 9.17) is 5.73 Å². The number of phenolic OH excluding ortho intramolecular Hbond substituents is 2. The zero-order valence-electron chi connectivity index (χ0n) is 40.1. The van der Waals surface area contributed by atoms with Crippen molar-refractivity contribution in [3.05, 3.63) is 47.5 Å². The number of aliphatic hydroxyl groups is 1. The van der Waals surface area contributed by atoms with E-state index in [1.165, 1.54) is 116 Å². The Kier molecular flexibility index (Phi) is 23.7. The third kappa shape index (κ3) is 17.4. The maximum atomic E-state index is 14.1. The smallest absolute Gasteiger partial charge is 0.475 e. The topological polar surface area (TPSA) is 313 Å². The van der Waals surface area contributed by atoms with Crippen LogP contribution in [0.1, 0.15) is 128 Å². The average Bonchev–Trinajstić information content (AvgIpc) is 3.30. The highest BCUT2D eigenvalue weighted by atomic mass is 16.4. The molecular weight excluding hydrogens is 879 g/mol. The quantitative estimate of drug-likeness (QED) is 0.0379. The maximum Gasteiger partial charge on any atom is 0.475 e. The molecule has 2 aromatic carbocycles. The van der Waals surface area contributed by atoms with Crippen LogP contribution in [0.15, 0.2) is 36.4 Å². The molecule has 3 rings (SSSR count). The van der Waals surface area contributed by atoms with E-state index in [9.17, 15) is 58.9 Å². The number of likely N-dealkylation sites (N-methyl/N-ethyl adjacent to an activating group) is 2. The number of rotatable bonds is 25. The number of unbranched alkanes of at least 4 members (excludes halogenated alkanes) is 12. The molecule has 21 heteroatoms. The summed E-state index contributed by atoms with van der Waals surface area (Å²) in [6.07, 6.45) is 13.2. The number of amides is 7. The minimum absolute atomic E-state index is 0.0378. The lowest BCUT2D eigenvalue weighted by atomic mass is 9.81. The number of aromatic hydroxyl groups is 2. The molecule has 0 saturated heterocycles. The number of nitrogens with two attached hydrogens (primary N) is 1. The number of carbonyl (C=O) groups excluding carboxylic acids is 7. The molecule has 0 radical (unpaired) electrons. The van der Waals surface area contributed by atoms with Crippen LogP contribution in [-0.2, 0) is 40.0 Å². The van der Waals surface area contributed by atoms with Gasteiger partial charge in [-0.2, -0.15) is 0 Å². The largest absolute Gasteiger partial charge is 0.507 e. The SMILES string of the molecule is CCCCCCCCCCCCCCCC(=O)N(C)[C@H](CO)C(=O)N[C@H](N)C(=O)NCC(=O)N(C)[C@@H]1C(=O)N[C@@H](C)C(=O)N[C@H](C(=O)N[C@@H](C)B(O)O)Cc2ccc(O)c(c2)-c2cc1ccc2O. The van der Waals surface area contributed by atoms with E-state index < -0.39 is 92.0 Å². The summed E-state index contributed by atoms with van der Waals surface area (Å²) in [6, 6.07) is 2.70. The number of aliphatic hydroxyl groups excluding tert-OH is 1. The van der Waals surface area contributed by atoms with Crippen LogP contribution in [0, 0.1) is 0 Å². The Bertz CT molecular complexity index is 2020. The van der Waals surface area contributed by atoms with Crippen molar-refractivity contribution < 1.29 is 58.9 Å². The monoisotopic (exact) mass is 953 g/mol. The minimum atomic E-state index is -1.91. The van der Waals surface area contributed by atoms with Gasteiger partial charge in [0.2, 0.25) is 35.4 Å². The number of hydrogen-bond acceptors (Lipinski definition) is 13. The van der Waals surface area contributed by atoms with Gasteiger partial charge in [0, 0.05) is 38.1 Å². The highest BCUT2D eigenvalue weighted by Gasteiger charge is 2.35. The molecular formula is C47H73BN8O12. The van der Waals surface area contributed by atoms with Gasteiger partial charge in [-0.05, 0) is 55.7 Å². The first-order valence-corrected chi connectivity index (χ1v) is 23.7. The molecule has 0 saturated carbocycles. The number of nitrogens with one attached hydrogen (secondary N) is 5. The summed E-state index contributed by atoms with van der Waals surface area (Å²) in [5.41, 5.74) is 6.61. The van der Waals surface area contributed by atoms with Crippen LogP contribution >= 0.6 is 0 Å². The fourth-order valence-electron chi connectivity index (χ4n) is 7.80. The number of hydrogen-bond donors (Lipinski definition) is 11. The fourth-order valence-corrected chi connectivity index (χ4v) is 7.80. The normalized spacial score (nSPS) is 17.3. The Hall–Kier alpha value is -5.77. The Morgan fingerprint density at radius 3 is 1.91 bits per heavy atom. The number of benzene rings is 2. The van der Waals surface area contributed by atoms with Crippen LogP contribution < -0.4 is 32.3 Å². The van der Waals surface area contributed by atoms with Crippen LogP contribution in [-0.4, -0.2) is 141 Å².